The number of benzene rings is 2. The van der Waals surface area contributed by atoms with Crippen LogP contribution in [0, 0.1) is 0 Å². The second-order valence-electron chi connectivity index (χ2n) is 4.33. The van der Waals surface area contributed by atoms with Crippen molar-refractivity contribution in [3.63, 3.8) is 0 Å². The van der Waals surface area contributed by atoms with E-state index in [2.05, 4.69) is 31.9 Å². The Morgan fingerprint density at radius 3 is 2.55 bits per heavy atom. The van der Waals surface area contributed by atoms with Crippen LogP contribution in [0.2, 0.25) is 5.02 Å². The quantitative estimate of drug-likeness (QED) is 0.745. The highest BCUT2D eigenvalue weighted by Crippen LogP contribution is 2.28. The zero-order valence-electron chi connectivity index (χ0n) is 10.7. The number of hydrogen-bond acceptors (Lipinski definition) is 2. The van der Waals surface area contributed by atoms with Gasteiger partial charge in [0.1, 0.15) is 12.4 Å². The van der Waals surface area contributed by atoms with Gasteiger partial charge in [-0.1, -0.05) is 39.7 Å². The Bertz CT molecular complexity index is 604. The fourth-order valence-corrected chi connectivity index (χ4v) is 3.05. The molecule has 0 saturated heterocycles. The summed E-state index contributed by atoms with van der Waals surface area (Å²) in [4.78, 5) is 0. The lowest BCUT2D eigenvalue weighted by atomic mass is 10.1. The van der Waals surface area contributed by atoms with Crippen LogP contribution in [0.15, 0.2) is 45.3 Å². The first-order valence-electron chi connectivity index (χ1n) is 6.15. The molecule has 0 aliphatic heterocycles. The van der Waals surface area contributed by atoms with Gasteiger partial charge in [-0.15, -0.1) is 0 Å². The van der Waals surface area contributed by atoms with Crippen LogP contribution in [0.4, 0.5) is 0 Å². The number of rotatable bonds is 5. The number of hydrogen-bond donors (Lipinski definition) is 1. The molecule has 0 bridgehead atoms. The average molecular weight is 420 g/mol. The van der Waals surface area contributed by atoms with Crippen molar-refractivity contribution in [2.24, 2.45) is 5.73 Å². The number of halogens is 3. The molecule has 2 rings (SSSR count). The molecule has 0 aromatic heterocycles. The third kappa shape index (κ3) is 4.22. The molecule has 2 aromatic carbocycles. The molecule has 0 saturated carbocycles. The highest BCUT2D eigenvalue weighted by molar-refractivity contribution is 9.10. The molecule has 0 aliphatic rings. The van der Waals surface area contributed by atoms with Crippen LogP contribution in [-0.2, 0) is 13.0 Å². The predicted molar refractivity (Wildman–Crippen MR) is 90.4 cm³/mol. The van der Waals surface area contributed by atoms with E-state index >= 15 is 0 Å². The van der Waals surface area contributed by atoms with Crippen LogP contribution < -0.4 is 10.5 Å². The third-order valence-electron chi connectivity index (χ3n) is 2.83. The van der Waals surface area contributed by atoms with Gasteiger partial charge >= 0.3 is 0 Å². The zero-order valence-corrected chi connectivity index (χ0v) is 14.6. The predicted octanol–water partition coefficient (Wildman–Crippen LogP) is 4.95. The maximum atomic E-state index is 6.17. The van der Waals surface area contributed by atoms with Gasteiger partial charge in [-0.25, -0.2) is 0 Å². The lowest BCUT2D eigenvalue weighted by Gasteiger charge is -2.11. The Hall–Kier alpha value is -0.550. The zero-order chi connectivity index (χ0) is 14.5. The largest absolute Gasteiger partial charge is 0.488 e. The first kappa shape index (κ1) is 15.8. The molecule has 20 heavy (non-hydrogen) atoms. The summed E-state index contributed by atoms with van der Waals surface area (Å²) < 4.78 is 7.68. The van der Waals surface area contributed by atoms with E-state index in [9.17, 15) is 0 Å². The SMILES string of the molecule is NCCc1ccc(OCc2ccc(Br)cc2Cl)c(Br)c1. The maximum absolute atomic E-state index is 6.17. The first-order chi connectivity index (χ1) is 9.60. The minimum atomic E-state index is 0.431. The minimum absolute atomic E-state index is 0.431. The van der Waals surface area contributed by atoms with E-state index in [4.69, 9.17) is 22.1 Å². The highest BCUT2D eigenvalue weighted by Gasteiger charge is 2.06. The van der Waals surface area contributed by atoms with Crippen LogP contribution in [0.25, 0.3) is 0 Å². The lowest BCUT2D eigenvalue weighted by molar-refractivity contribution is 0.304. The molecular weight excluding hydrogens is 405 g/mol. The molecule has 2 nitrogen and oxygen atoms in total. The summed E-state index contributed by atoms with van der Waals surface area (Å²) in [6.07, 6.45) is 0.859. The molecule has 0 unspecified atom stereocenters. The van der Waals surface area contributed by atoms with Gasteiger partial charge in [0.15, 0.2) is 0 Å². The van der Waals surface area contributed by atoms with E-state index in [1.807, 2.05) is 36.4 Å². The standard InChI is InChI=1S/C15H14Br2ClNO/c16-12-3-2-11(14(18)8-12)9-20-15-4-1-10(5-6-19)7-13(15)17/h1-4,7-8H,5-6,9,19H2. The van der Waals surface area contributed by atoms with Gasteiger partial charge < -0.3 is 10.5 Å². The van der Waals surface area contributed by atoms with Gasteiger partial charge in [-0.3, -0.25) is 0 Å². The molecule has 0 fully saturated rings. The Kier molecular flexibility index (Phi) is 5.90. The molecule has 0 amide bonds. The van der Waals surface area contributed by atoms with Crippen LogP contribution in [0.5, 0.6) is 5.75 Å². The molecule has 0 atom stereocenters. The molecule has 2 aromatic rings. The van der Waals surface area contributed by atoms with Crippen molar-refractivity contribution in [3.8, 4) is 5.75 Å². The van der Waals surface area contributed by atoms with Gasteiger partial charge in [0.25, 0.3) is 0 Å². The summed E-state index contributed by atoms with van der Waals surface area (Å²) >= 11 is 13.1. The summed E-state index contributed by atoms with van der Waals surface area (Å²) in [6, 6.07) is 11.8. The summed E-state index contributed by atoms with van der Waals surface area (Å²) in [7, 11) is 0. The highest BCUT2D eigenvalue weighted by atomic mass is 79.9. The van der Waals surface area contributed by atoms with Crippen LogP contribution in [0.3, 0.4) is 0 Å². The topological polar surface area (TPSA) is 35.2 Å². The normalized spacial score (nSPS) is 10.6. The van der Waals surface area contributed by atoms with Crippen molar-refractivity contribution >= 4 is 43.5 Å². The van der Waals surface area contributed by atoms with E-state index in [1.165, 1.54) is 5.56 Å². The fraction of sp³-hybridized carbons (Fsp3) is 0.200. The molecule has 0 radical (unpaired) electrons. The number of nitrogens with two attached hydrogens (primary N) is 1. The molecular formula is C15H14Br2ClNO. The Balaban J connectivity index is 2.07. The van der Waals surface area contributed by atoms with Gasteiger partial charge in [0, 0.05) is 15.1 Å². The molecule has 2 N–H and O–H groups in total. The summed E-state index contributed by atoms with van der Waals surface area (Å²) in [5.41, 5.74) is 7.69. The van der Waals surface area contributed by atoms with Crippen LogP contribution >= 0.6 is 43.5 Å². The average Bonchev–Trinajstić information content (AvgIpc) is 2.40. The molecule has 106 valence electrons. The van der Waals surface area contributed by atoms with Crippen molar-refractivity contribution in [2.45, 2.75) is 13.0 Å². The van der Waals surface area contributed by atoms with Crippen LogP contribution in [0.1, 0.15) is 11.1 Å². The van der Waals surface area contributed by atoms with Gasteiger partial charge in [0.2, 0.25) is 0 Å². The van der Waals surface area contributed by atoms with Crippen molar-refractivity contribution in [1.29, 1.82) is 0 Å². The molecule has 5 heteroatoms. The maximum Gasteiger partial charge on any atom is 0.134 e. The summed E-state index contributed by atoms with van der Waals surface area (Å²) in [6.45, 7) is 1.07. The Morgan fingerprint density at radius 2 is 1.90 bits per heavy atom. The van der Waals surface area contributed by atoms with Crippen molar-refractivity contribution < 1.29 is 4.74 Å². The second-order valence-corrected chi connectivity index (χ2v) is 6.51. The Morgan fingerprint density at radius 1 is 1.10 bits per heavy atom. The van der Waals surface area contributed by atoms with Crippen molar-refractivity contribution in [3.05, 3.63) is 61.5 Å². The van der Waals surface area contributed by atoms with E-state index in [1.54, 1.807) is 0 Å². The van der Waals surface area contributed by atoms with E-state index in [-0.39, 0.29) is 0 Å². The van der Waals surface area contributed by atoms with Gasteiger partial charge in [0.05, 0.1) is 4.47 Å². The number of ether oxygens (including phenoxy) is 1. The monoisotopic (exact) mass is 417 g/mol. The molecule has 0 spiro atoms. The molecule has 0 heterocycles. The fourth-order valence-electron chi connectivity index (χ4n) is 1.78. The second kappa shape index (κ2) is 7.46. The van der Waals surface area contributed by atoms with E-state index in [0.717, 1.165) is 26.7 Å². The summed E-state index contributed by atoms with van der Waals surface area (Å²) in [5, 5.41) is 0.690. The van der Waals surface area contributed by atoms with Crippen molar-refractivity contribution in [2.75, 3.05) is 6.54 Å². The van der Waals surface area contributed by atoms with E-state index < -0.39 is 0 Å². The van der Waals surface area contributed by atoms with Gasteiger partial charge in [-0.2, -0.15) is 0 Å². The van der Waals surface area contributed by atoms with Crippen molar-refractivity contribution in [1.82, 2.24) is 0 Å². The Labute approximate surface area is 140 Å². The summed E-state index contributed by atoms with van der Waals surface area (Å²) in [5.74, 6) is 0.796. The lowest BCUT2D eigenvalue weighted by Crippen LogP contribution is -2.03. The molecule has 0 aliphatic carbocycles. The third-order valence-corrected chi connectivity index (χ3v) is 4.29. The first-order valence-corrected chi connectivity index (χ1v) is 8.12. The smallest absolute Gasteiger partial charge is 0.134 e. The van der Waals surface area contributed by atoms with E-state index in [0.29, 0.717) is 18.2 Å². The minimum Gasteiger partial charge on any atom is -0.488 e. The van der Waals surface area contributed by atoms with Crippen LogP contribution in [-0.4, -0.2) is 6.54 Å². The van der Waals surface area contributed by atoms with Gasteiger partial charge in [-0.05, 0) is 58.7 Å².